The number of nitrogens with one attached hydrogen (secondary N) is 1. The molecule has 0 bridgehead atoms. The predicted molar refractivity (Wildman–Crippen MR) is 67.8 cm³/mol. The maximum atomic E-state index is 11.0. The molecule has 0 aromatic carbocycles. The van der Waals surface area contributed by atoms with Crippen molar-refractivity contribution < 1.29 is 10.0 Å². The average molecular weight is 275 g/mol. The van der Waals surface area contributed by atoms with E-state index < -0.39 is 16.6 Å². The Balaban J connectivity index is 3.27. The highest BCUT2D eigenvalue weighted by atomic mass is 35.5. The Hall–Kier alpha value is -1.47. The van der Waals surface area contributed by atoms with Gasteiger partial charge >= 0.3 is 5.69 Å². The van der Waals surface area contributed by atoms with Crippen LogP contribution in [0.25, 0.3) is 0 Å². The third-order valence-electron chi connectivity index (χ3n) is 2.70. The maximum absolute atomic E-state index is 11.0. The Morgan fingerprint density at radius 1 is 1.50 bits per heavy atom. The topological polar surface area (TPSA) is 101 Å². The van der Waals surface area contributed by atoms with E-state index in [0.29, 0.717) is 0 Å². The third-order valence-corrected chi connectivity index (χ3v) is 2.87. The minimum Gasteiger partial charge on any atom is -0.391 e. The molecule has 1 heterocycles. The first-order chi connectivity index (χ1) is 8.15. The fourth-order valence-electron chi connectivity index (χ4n) is 1.25. The summed E-state index contributed by atoms with van der Waals surface area (Å²) in [6.07, 6.45) is -0.730. The SMILES string of the molecule is Cc1nc(Cl)nc(NC(C)(C)C(C)O)c1[N+](=O)[O-]. The van der Waals surface area contributed by atoms with Crippen LogP contribution in [0.5, 0.6) is 0 Å². The van der Waals surface area contributed by atoms with Gasteiger partial charge in [-0.25, -0.2) is 4.98 Å². The molecule has 8 heteroatoms. The Morgan fingerprint density at radius 2 is 2.06 bits per heavy atom. The van der Waals surface area contributed by atoms with Crippen LogP contribution in [0, 0.1) is 17.0 Å². The van der Waals surface area contributed by atoms with Gasteiger partial charge in [-0.3, -0.25) is 10.1 Å². The molecule has 0 fully saturated rings. The Morgan fingerprint density at radius 3 is 2.50 bits per heavy atom. The highest BCUT2D eigenvalue weighted by molar-refractivity contribution is 6.28. The summed E-state index contributed by atoms with van der Waals surface area (Å²) in [6, 6.07) is 0. The van der Waals surface area contributed by atoms with Gasteiger partial charge in [0.15, 0.2) is 0 Å². The number of rotatable bonds is 4. The largest absolute Gasteiger partial charge is 0.391 e. The summed E-state index contributed by atoms with van der Waals surface area (Å²) < 4.78 is 0. The molecule has 2 N–H and O–H groups in total. The standard InChI is InChI=1S/C10H15ClN4O3/c1-5-7(15(17)18)8(13-9(11)12-5)14-10(3,4)6(2)16/h6,16H,1-4H3,(H,12,13,14). The maximum Gasteiger partial charge on any atom is 0.332 e. The van der Waals surface area contributed by atoms with Crippen LogP contribution in [-0.4, -0.2) is 31.6 Å². The van der Waals surface area contributed by atoms with Crippen LogP contribution < -0.4 is 5.32 Å². The third kappa shape index (κ3) is 3.05. The molecule has 0 spiro atoms. The molecule has 1 unspecified atom stereocenters. The van der Waals surface area contributed by atoms with Crippen LogP contribution in [-0.2, 0) is 0 Å². The van der Waals surface area contributed by atoms with Gasteiger partial charge in [0.2, 0.25) is 11.1 Å². The van der Waals surface area contributed by atoms with Crippen molar-refractivity contribution in [3.63, 3.8) is 0 Å². The van der Waals surface area contributed by atoms with Gasteiger partial charge in [0, 0.05) is 0 Å². The number of nitrogens with zero attached hydrogens (tertiary/aromatic N) is 3. The molecule has 1 aromatic rings. The normalized spacial score (nSPS) is 13.2. The number of aliphatic hydroxyl groups excluding tert-OH is 1. The molecule has 0 aliphatic heterocycles. The Kier molecular flexibility index (Phi) is 4.08. The van der Waals surface area contributed by atoms with E-state index in [4.69, 9.17) is 11.6 Å². The van der Waals surface area contributed by atoms with Gasteiger partial charge in [0.05, 0.1) is 16.6 Å². The average Bonchev–Trinajstić information content (AvgIpc) is 2.13. The van der Waals surface area contributed by atoms with Crippen LogP contribution in [0.1, 0.15) is 26.5 Å². The van der Waals surface area contributed by atoms with Crippen LogP contribution in [0.2, 0.25) is 5.28 Å². The van der Waals surface area contributed by atoms with E-state index in [1.54, 1.807) is 20.8 Å². The minimum atomic E-state index is -0.783. The molecule has 18 heavy (non-hydrogen) atoms. The molecule has 1 aromatic heterocycles. The lowest BCUT2D eigenvalue weighted by Crippen LogP contribution is -2.42. The van der Waals surface area contributed by atoms with Gasteiger partial charge in [-0.1, -0.05) is 0 Å². The molecule has 0 saturated heterocycles. The molecule has 0 saturated carbocycles. The number of aryl methyl sites for hydroxylation is 1. The fourth-order valence-corrected chi connectivity index (χ4v) is 1.46. The monoisotopic (exact) mass is 274 g/mol. The first-order valence-electron chi connectivity index (χ1n) is 5.30. The molecule has 100 valence electrons. The lowest BCUT2D eigenvalue weighted by atomic mass is 9.99. The van der Waals surface area contributed by atoms with Crippen molar-refractivity contribution in [1.29, 1.82) is 0 Å². The van der Waals surface area contributed by atoms with E-state index in [1.165, 1.54) is 6.92 Å². The first kappa shape index (κ1) is 14.6. The summed E-state index contributed by atoms with van der Waals surface area (Å²) in [5, 5.41) is 23.3. The van der Waals surface area contributed by atoms with Crippen molar-refractivity contribution in [2.24, 2.45) is 0 Å². The zero-order chi connectivity index (χ0) is 14.1. The van der Waals surface area contributed by atoms with Crippen molar-refractivity contribution in [2.75, 3.05) is 5.32 Å². The van der Waals surface area contributed by atoms with E-state index >= 15 is 0 Å². The highest BCUT2D eigenvalue weighted by Gasteiger charge is 2.30. The van der Waals surface area contributed by atoms with Gasteiger partial charge < -0.3 is 10.4 Å². The van der Waals surface area contributed by atoms with E-state index in [-0.39, 0.29) is 22.5 Å². The molecule has 0 aliphatic rings. The van der Waals surface area contributed by atoms with Gasteiger partial charge in [-0.15, -0.1) is 0 Å². The second-order valence-corrected chi connectivity index (χ2v) is 4.89. The number of aromatic nitrogens is 2. The predicted octanol–water partition coefficient (Wildman–Crippen LogP) is 1.92. The Labute approximate surface area is 109 Å². The number of aliphatic hydroxyl groups is 1. The second-order valence-electron chi connectivity index (χ2n) is 4.56. The lowest BCUT2D eigenvalue weighted by Gasteiger charge is -2.29. The number of nitro groups is 1. The van der Waals surface area contributed by atoms with Crippen LogP contribution in [0.3, 0.4) is 0 Å². The van der Waals surface area contributed by atoms with Gasteiger partial charge in [-0.2, -0.15) is 4.98 Å². The van der Waals surface area contributed by atoms with Gasteiger partial charge in [-0.05, 0) is 39.3 Å². The van der Waals surface area contributed by atoms with Crippen LogP contribution >= 0.6 is 11.6 Å². The molecular weight excluding hydrogens is 260 g/mol. The number of anilines is 1. The summed E-state index contributed by atoms with van der Waals surface area (Å²) in [5.41, 5.74) is -0.855. The van der Waals surface area contributed by atoms with Gasteiger partial charge in [0.1, 0.15) is 5.69 Å². The molecule has 1 atom stereocenters. The van der Waals surface area contributed by atoms with E-state index in [1.807, 2.05) is 0 Å². The number of hydrogen-bond donors (Lipinski definition) is 2. The van der Waals surface area contributed by atoms with Crippen molar-refractivity contribution in [3.8, 4) is 0 Å². The van der Waals surface area contributed by atoms with Crippen molar-refractivity contribution >= 4 is 23.1 Å². The van der Waals surface area contributed by atoms with Crippen LogP contribution in [0.15, 0.2) is 0 Å². The molecule has 1 rings (SSSR count). The van der Waals surface area contributed by atoms with Crippen LogP contribution in [0.4, 0.5) is 11.5 Å². The quantitative estimate of drug-likeness (QED) is 0.494. The van der Waals surface area contributed by atoms with Crippen molar-refractivity contribution in [1.82, 2.24) is 9.97 Å². The van der Waals surface area contributed by atoms with Crippen molar-refractivity contribution in [2.45, 2.75) is 39.3 Å². The summed E-state index contributed by atoms with van der Waals surface area (Å²) in [4.78, 5) is 18.0. The number of hydrogen-bond acceptors (Lipinski definition) is 6. The molecule has 0 radical (unpaired) electrons. The van der Waals surface area contributed by atoms with E-state index in [2.05, 4.69) is 15.3 Å². The smallest absolute Gasteiger partial charge is 0.332 e. The molecule has 7 nitrogen and oxygen atoms in total. The lowest BCUT2D eigenvalue weighted by molar-refractivity contribution is -0.385. The second kappa shape index (κ2) is 5.03. The summed E-state index contributed by atoms with van der Waals surface area (Å²) >= 11 is 5.69. The highest BCUT2D eigenvalue weighted by Crippen LogP contribution is 2.29. The summed E-state index contributed by atoms with van der Waals surface area (Å²) in [7, 11) is 0. The van der Waals surface area contributed by atoms with Gasteiger partial charge in [0.25, 0.3) is 0 Å². The molecule has 0 aliphatic carbocycles. The van der Waals surface area contributed by atoms with E-state index in [0.717, 1.165) is 0 Å². The summed E-state index contributed by atoms with van der Waals surface area (Å²) in [6.45, 7) is 6.46. The van der Waals surface area contributed by atoms with E-state index in [9.17, 15) is 15.2 Å². The fraction of sp³-hybridized carbons (Fsp3) is 0.600. The zero-order valence-corrected chi connectivity index (χ0v) is 11.3. The zero-order valence-electron chi connectivity index (χ0n) is 10.6. The molecule has 0 amide bonds. The Bertz CT molecular complexity index is 476. The van der Waals surface area contributed by atoms with Crippen molar-refractivity contribution in [3.05, 3.63) is 21.1 Å². The molecular formula is C10H15ClN4O3. The summed E-state index contributed by atoms with van der Waals surface area (Å²) in [5.74, 6) is 0.00315. The number of halogens is 1. The first-order valence-corrected chi connectivity index (χ1v) is 5.67. The minimum absolute atomic E-state index is 0.00315.